The number of amides is 1. The molecule has 0 aromatic heterocycles. The average molecular weight is 227 g/mol. The highest BCUT2D eigenvalue weighted by Crippen LogP contribution is 2.35. The summed E-state index contributed by atoms with van der Waals surface area (Å²) in [6, 6.07) is 0. The lowest BCUT2D eigenvalue weighted by molar-refractivity contribution is -0.144. The van der Waals surface area contributed by atoms with E-state index in [9.17, 15) is 9.59 Å². The third-order valence-corrected chi connectivity index (χ3v) is 3.51. The number of unbranched alkanes of at least 4 members (excludes halogenated alkanes) is 2. The van der Waals surface area contributed by atoms with Gasteiger partial charge in [-0.25, -0.2) is 0 Å². The molecule has 1 aliphatic rings. The van der Waals surface area contributed by atoms with Crippen molar-refractivity contribution in [2.45, 2.75) is 52.0 Å². The van der Waals surface area contributed by atoms with E-state index in [2.05, 4.69) is 6.92 Å². The van der Waals surface area contributed by atoms with E-state index >= 15 is 0 Å². The Morgan fingerprint density at radius 2 is 2.12 bits per heavy atom. The Kier molecular flexibility index (Phi) is 3.94. The molecule has 4 heteroatoms. The van der Waals surface area contributed by atoms with E-state index in [1.807, 2.05) is 13.8 Å². The fraction of sp³-hybridized carbons (Fsp3) is 0.833. The van der Waals surface area contributed by atoms with Crippen LogP contribution in [0.15, 0.2) is 0 Å². The summed E-state index contributed by atoms with van der Waals surface area (Å²) in [5.74, 6) is -1.45. The minimum atomic E-state index is -0.864. The van der Waals surface area contributed by atoms with Crippen LogP contribution in [0.2, 0.25) is 0 Å². The maximum Gasteiger partial charge on any atom is 0.309 e. The standard InChI is InChI=1S/C12H21NO3/c1-4-5-6-7-13-10(14)8-9(11(15)16)12(13,2)3/h9H,4-8H2,1-3H3,(H,15,16). The molecular formula is C12H21NO3. The zero-order valence-corrected chi connectivity index (χ0v) is 10.3. The molecule has 16 heavy (non-hydrogen) atoms. The quantitative estimate of drug-likeness (QED) is 0.730. The topological polar surface area (TPSA) is 57.6 Å². The number of carbonyl (C=O) groups excluding carboxylic acids is 1. The average Bonchev–Trinajstić information content (AvgIpc) is 2.40. The second-order valence-electron chi connectivity index (χ2n) is 5.00. The van der Waals surface area contributed by atoms with Crippen LogP contribution in [0.4, 0.5) is 0 Å². The maximum atomic E-state index is 11.8. The van der Waals surface area contributed by atoms with Crippen LogP contribution in [0, 0.1) is 5.92 Å². The molecule has 4 nitrogen and oxygen atoms in total. The summed E-state index contributed by atoms with van der Waals surface area (Å²) in [6.45, 7) is 6.49. The Balaban J connectivity index is 2.70. The van der Waals surface area contributed by atoms with Crippen LogP contribution in [-0.2, 0) is 9.59 Å². The van der Waals surface area contributed by atoms with E-state index in [-0.39, 0.29) is 12.3 Å². The monoisotopic (exact) mass is 227 g/mol. The van der Waals surface area contributed by atoms with Gasteiger partial charge in [0.05, 0.1) is 11.5 Å². The van der Waals surface area contributed by atoms with E-state index in [0.717, 1.165) is 19.3 Å². The Bertz CT molecular complexity index is 286. The van der Waals surface area contributed by atoms with Gasteiger partial charge in [0.1, 0.15) is 0 Å². The zero-order chi connectivity index (χ0) is 12.3. The van der Waals surface area contributed by atoms with Crippen molar-refractivity contribution < 1.29 is 14.7 Å². The number of likely N-dealkylation sites (tertiary alicyclic amines) is 1. The molecule has 1 fully saturated rings. The summed E-state index contributed by atoms with van der Waals surface area (Å²) < 4.78 is 0. The van der Waals surface area contributed by atoms with Gasteiger partial charge in [0.25, 0.3) is 0 Å². The van der Waals surface area contributed by atoms with Crippen LogP contribution in [-0.4, -0.2) is 34.0 Å². The van der Waals surface area contributed by atoms with Crippen molar-refractivity contribution >= 4 is 11.9 Å². The molecule has 1 saturated heterocycles. The van der Waals surface area contributed by atoms with E-state index in [1.54, 1.807) is 4.90 Å². The van der Waals surface area contributed by atoms with Gasteiger partial charge in [0.2, 0.25) is 5.91 Å². The van der Waals surface area contributed by atoms with Gasteiger partial charge in [0.15, 0.2) is 0 Å². The first-order valence-electron chi connectivity index (χ1n) is 5.94. The molecule has 0 aliphatic carbocycles. The van der Waals surface area contributed by atoms with Crippen molar-refractivity contribution in [2.24, 2.45) is 5.92 Å². The predicted octanol–water partition coefficient (Wildman–Crippen LogP) is 1.89. The van der Waals surface area contributed by atoms with Crippen LogP contribution in [0.1, 0.15) is 46.5 Å². The lowest BCUT2D eigenvalue weighted by Crippen LogP contribution is -2.46. The zero-order valence-electron chi connectivity index (χ0n) is 10.3. The van der Waals surface area contributed by atoms with E-state index in [1.165, 1.54) is 0 Å². The first kappa shape index (κ1) is 13.0. The van der Waals surface area contributed by atoms with Crippen molar-refractivity contribution in [1.29, 1.82) is 0 Å². The first-order chi connectivity index (χ1) is 7.41. The minimum absolute atomic E-state index is 0.0199. The highest BCUT2D eigenvalue weighted by Gasteiger charge is 2.49. The molecule has 0 aromatic carbocycles. The Labute approximate surface area is 96.6 Å². The van der Waals surface area contributed by atoms with Gasteiger partial charge in [-0.3, -0.25) is 9.59 Å². The molecule has 0 radical (unpaired) electrons. The fourth-order valence-electron chi connectivity index (χ4n) is 2.37. The van der Waals surface area contributed by atoms with Crippen LogP contribution < -0.4 is 0 Å². The van der Waals surface area contributed by atoms with Crippen molar-refractivity contribution in [3.63, 3.8) is 0 Å². The van der Waals surface area contributed by atoms with Gasteiger partial charge in [-0.2, -0.15) is 0 Å². The molecule has 1 heterocycles. The van der Waals surface area contributed by atoms with Gasteiger partial charge < -0.3 is 10.0 Å². The number of carboxylic acid groups (broad SMARTS) is 1. The van der Waals surface area contributed by atoms with Crippen LogP contribution in [0.3, 0.4) is 0 Å². The molecule has 1 aliphatic heterocycles. The van der Waals surface area contributed by atoms with Gasteiger partial charge in [-0.15, -0.1) is 0 Å². The van der Waals surface area contributed by atoms with Crippen LogP contribution in [0.25, 0.3) is 0 Å². The van der Waals surface area contributed by atoms with Gasteiger partial charge in [0, 0.05) is 13.0 Å². The number of aliphatic carboxylic acids is 1. The normalized spacial score (nSPS) is 23.8. The third-order valence-electron chi connectivity index (χ3n) is 3.51. The van der Waals surface area contributed by atoms with Crippen LogP contribution in [0.5, 0.6) is 0 Å². The second kappa shape index (κ2) is 4.85. The first-order valence-corrected chi connectivity index (χ1v) is 5.94. The number of carbonyl (C=O) groups is 2. The van der Waals surface area contributed by atoms with Crippen molar-refractivity contribution in [3.8, 4) is 0 Å². The molecule has 1 unspecified atom stereocenters. The summed E-state index contributed by atoms with van der Waals surface area (Å²) in [5.41, 5.74) is -0.545. The summed E-state index contributed by atoms with van der Waals surface area (Å²) in [7, 11) is 0. The summed E-state index contributed by atoms with van der Waals surface area (Å²) in [4.78, 5) is 24.6. The minimum Gasteiger partial charge on any atom is -0.481 e. The lowest BCUT2D eigenvalue weighted by Gasteiger charge is -2.34. The van der Waals surface area contributed by atoms with Crippen LogP contribution >= 0.6 is 0 Å². The van der Waals surface area contributed by atoms with E-state index in [4.69, 9.17) is 5.11 Å². The highest BCUT2D eigenvalue weighted by molar-refractivity contribution is 5.88. The van der Waals surface area contributed by atoms with Crippen molar-refractivity contribution in [3.05, 3.63) is 0 Å². The predicted molar refractivity (Wildman–Crippen MR) is 61.1 cm³/mol. The van der Waals surface area contributed by atoms with E-state index in [0.29, 0.717) is 6.54 Å². The molecule has 1 atom stereocenters. The molecule has 0 saturated carbocycles. The summed E-state index contributed by atoms with van der Waals surface area (Å²) in [6.07, 6.45) is 3.29. The molecule has 92 valence electrons. The molecule has 0 bridgehead atoms. The van der Waals surface area contributed by atoms with Gasteiger partial charge >= 0.3 is 5.97 Å². The Morgan fingerprint density at radius 3 is 2.56 bits per heavy atom. The number of carboxylic acids is 1. The highest BCUT2D eigenvalue weighted by atomic mass is 16.4. The van der Waals surface area contributed by atoms with Crippen molar-refractivity contribution in [2.75, 3.05) is 6.54 Å². The molecule has 1 rings (SSSR count). The molecule has 0 aromatic rings. The van der Waals surface area contributed by atoms with Crippen molar-refractivity contribution in [1.82, 2.24) is 4.90 Å². The molecule has 1 N–H and O–H groups in total. The number of rotatable bonds is 5. The maximum absolute atomic E-state index is 11.8. The number of hydrogen-bond acceptors (Lipinski definition) is 2. The fourth-order valence-corrected chi connectivity index (χ4v) is 2.37. The smallest absolute Gasteiger partial charge is 0.309 e. The summed E-state index contributed by atoms with van der Waals surface area (Å²) in [5, 5.41) is 9.08. The Hall–Kier alpha value is -1.06. The third kappa shape index (κ3) is 2.36. The largest absolute Gasteiger partial charge is 0.481 e. The summed E-state index contributed by atoms with van der Waals surface area (Å²) >= 11 is 0. The van der Waals surface area contributed by atoms with E-state index < -0.39 is 17.4 Å². The Morgan fingerprint density at radius 1 is 1.50 bits per heavy atom. The number of hydrogen-bond donors (Lipinski definition) is 1. The molecule has 1 amide bonds. The number of nitrogens with zero attached hydrogens (tertiary/aromatic N) is 1. The lowest BCUT2D eigenvalue weighted by atomic mass is 9.88. The molecular weight excluding hydrogens is 206 g/mol. The van der Waals surface area contributed by atoms with Gasteiger partial charge in [-0.1, -0.05) is 19.8 Å². The second-order valence-corrected chi connectivity index (χ2v) is 5.00. The SMILES string of the molecule is CCCCCN1C(=O)CC(C(=O)O)C1(C)C. The van der Waals surface area contributed by atoms with Gasteiger partial charge in [-0.05, 0) is 20.3 Å². The molecule has 0 spiro atoms.